The highest BCUT2D eigenvalue weighted by Gasteiger charge is 2.23. The van der Waals surface area contributed by atoms with Gasteiger partial charge in [-0.25, -0.2) is 0 Å². The topological polar surface area (TPSA) is 90.9 Å². The van der Waals surface area contributed by atoms with Crippen molar-refractivity contribution >= 4 is 17.4 Å². The highest BCUT2D eigenvalue weighted by Crippen LogP contribution is 2.33. The lowest BCUT2D eigenvalue weighted by Crippen LogP contribution is -2.18. The summed E-state index contributed by atoms with van der Waals surface area (Å²) in [6.07, 6.45) is 6.14. The summed E-state index contributed by atoms with van der Waals surface area (Å²) < 4.78 is 12.7. The summed E-state index contributed by atoms with van der Waals surface area (Å²) in [6, 6.07) is 8.36. The Balaban J connectivity index is 1.51. The average Bonchev–Trinajstić information content (AvgIpc) is 3.37. The number of methoxy groups -OCH3 is 1. The van der Waals surface area contributed by atoms with E-state index in [9.17, 15) is 0 Å². The Labute approximate surface area is 174 Å². The van der Waals surface area contributed by atoms with Crippen molar-refractivity contribution in [3.63, 3.8) is 0 Å². The molecule has 1 aliphatic carbocycles. The third-order valence-corrected chi connectivity index (χ3v) is 6.03. The smallest absolute Gasteiger partial charge is 0.223 e. The number of nitrogens with one attached hydrogen (secondary N) is 1. The van der Waals surface area contributed by atoms with Crippen LogP contribution in [0.4, 0.5) is 5.69 Å². The lowest BCUT2D eigenvalue weighted by atomic mass is 9.95. The van der Waals surface area contributed by atoms with E-state index in [1.807, 2.05) is 24.3 Å². The van der Waals surface area contributed by atoms with Gasteiger partial charge in [0, 0.05) is 24.7 Å². The molecule has 4 rings (SSSR count). The molecule has 154 valence electrons. The van der Waals surface area contributed by atoms with Crippen LogP contribution < -0.4 is 10.1 Å². The summed E-state index contributed by atoms with van der Waals surface area (Å²) in [5, 5.41) is 17.3. The first-order valence-corrected chi connectivity index (χ1v) is 10.9. The highest BCUT2D eigenvalue weighted by molar-refractivity contribution is 7.98. The highest BCUT2D eigenvalue weighted by atomic mass is 32.2. The molecule has 3 aromatic rings. The Hall–Kier alpha value is -2.55. The van der Waals surface area contributed by atoms with Gasteiger partial charge < -0.3 is 19.1 Å². The first kappa shape index (κ1) is 19.8. The molecule has 1 saturated carbocycles. The molecule has 2 aromatic heterocycles. The van der Waals surface area contributed by atoms with Gasteiger partial charge in [-0.2, -0.15) is 4.98 Å². The minimum atomic E-state index is 0.440. The number of nitrogens with zero attached hydrogens (tertiary/aromatic N) is 5. The molecule has 1 N–H and O–H groups in total. The van der Waals surface area contributed by atoms with Gasteiger partial charge in [0.05, 0.1) is 19.4 Å². The van der Waals surface area contributed by atoms with E-state index in [-0.39, 0.29) is 0 Å². The normalized spacial score (nSPS) is 14.8. The van der Waals surface area contributed by atoms with Crippen LogP contribution in [0.5, 0.6) is 5.75 Å². The Morgan fingerprint density at radius 3 is 2.86 bits per heavy atom. The summed E-state index contributed by atoms with van der Waals surface area (Å²) in [5.41, 5.74) is 0.999. The standard InChI is InChI=1S/C20H26N6O2S/c1-14-22-18(25-28-14)13-29-20-24-23-19(26(20)16-8-4-3-5-9-16)12-21-15-7-6-10-17(11-15)27-2/h6-7,10-11,16,21H,3-5,8-9,12-13H2,1-2H3. The summed E-state index contributed by atoms with van der Waals surface area (Å²) in [5.74, 6) is 3.66. The molecule has 9 heteroatoms. The summed E-state index contributed by atoms with van der Waals surface area (Å²) in [6.45, 7) is 2.41. The molecule has 0 atom stereocenters. The van der Waals surface area contributed by atoms with E-state index in [0.717, 1.165) is 22.4 Å². The van der Waals surface area contributed by atoms with Crippen molar-refractivity contribution in [2.45, 2.75) is 62.5 Å². The number of thioether (sulfide) groups is 1. The predicted molar refractivity (Wildman–Crippen MR) is 111 cm³/mol. The zero-order chi connectivity index (χ0) is 20.1. The number of rotatable bonds is 8. The van der Waals surface area contributed by atoms with Crippen LogP contribution >= 0.6 is 11.8 Å². The quantitative estimate of drug-likeness (QED) is 0.543. The van der Waals surface area contributed by atoms with E-state index in [2.05, 4.69) is 30.2 Å². The number of hydrogen-bond acceptors (Lipinski definition) is 8. The monoisotopic (exact) mass is 414 g/mol. The van der Waals surface area contributed by atoms with E-state index in [1.54, 1.807) is 25.8 Å². The second-order valence-electron chi connectivity index (χ2n) is 7.16. The van der Waals surface area contributed by atoms with E-state index >= 15 is 0 Å². The van der Waals surface area contributed by atoms with Crippen molar-refractivity contribution in [1.29, 1.82) is 0 Å². The maximum absolute atomic E-state index is 5.31. The van der Waals surface area contributed by atoms with Crippen molar-refractivity contribution in [1.82, 2.24) is 24.9 Å². The summed E-state index contributed by atoms with van der Waals surface area (Å²) in [7, 11) is 1.67. The fourth-order valence-electron chi connectivity index (χ4n) is 3.68. The van der Waals surface area contributed by atoms with Gasteiger partial charge in [0.2, 0.25) is 5.89 Å². The SMILES string of the molecule is COc1cccc(NCc2nnc(SCc3noc(C)n3)n2C2CCCCC2)c1. The van der Waals surface area contributed by atoms with Crippen LogP contribution in [0, 0.1) is 6.92 Å². The van der Waals surface area contributed by atoms with Crippen molar-refractivity contribution < 1.29 is 9.26 Å². The average molecular weight is 415 g/mol. The molecule has 1 aliphatic rings. The van der Waals surface area contributed by atoms with Crippen LogP contribution in [0.3, 0.4) is 0 Å². The zero-order valence-electron chi connectivity index (χ0n) is 16.8. The van der Waals surface area contributed by atoms with Crippen LogP contribution in [0.1, 0.15) is 55.7 Å². The third kappa shape index (κ3) is 4.90. The maximum Gasteiger partial charge on any atom is 0.223 e. The number of aryl methyl sites for hydroxylation is 1. The third-order valence-electron chi connectivity index (χ3n) is 5.10. The minimum absolute atomic E-state index is 0.440. The van der Waals surface area contributed by atoms with E-state index < -0.39 is 0 Å². The molecule has 0 spiro atoms. The molecule has 0 amide bonds. The van der Waals surface area contributed by atoms with Gasteiger partial charge in [-0.3, -0.25) is 0 Å². The molecule has 0 saturated heterocycles. The number of ether oxygens (including phenoxy) is 1. The van der Waals surface area contributed by atoms with Crippen LogP contribution in [0.15, 0.2) is 33.9 Å². The molecule has 0 radical (unpaired) electrons. The van der Waals surface area contributed by atoms with Gasteiger partial charge in [-0.1, -0.05) is 42.2 Å². The van der Waals surface area contributed by atoms with Gasteiger partial charge in [-0.05, 0) is 25.0 Å². The van der Waals surface area contributed by atoms with Crippen molar-refractivity contribution in [3.05, 3.63) is 41.8 Å². The van der Waals surface area contributed by atoms with Crippen LogP contribution in [-0.4, -0.2) is 32.0 Å². The maximum atomic E-state index is 5.31. The van der Waals surface area contributed by atoms with Gasteiger partial charge in [0.1, 0.15) is 5.75 Å². The molecular weight excluding hydrogens is 388 g/mol. The van der Waals surface area contributed by atoms with Crippen molar-refractivity contribution in [3.8, 4) is 5.75 Å². The molecule has 0 bridgehead atoms. The van der Waals surface area contributed by atoms with Gasteiger partial charge in [0.15, 0.2) is 16.8 Å². The van der Waals surface area contributed by atoms with Gasteiger partial charge in [0.25, 0.3) is 0 Å². The Morgan fingerprint density at radius 1 is 1.24 bits per heavy atom. The molecule has 0 aliphatic heterocycles. The first-order valence-electron chi connectivity index (χ1n) is 9.96. The van der Waals surface area contributed by atoms with Crippen LogP contribution in [-0.2, 0) is 12.3 Å². The first-order chi connectivity index (χ1) is 14.2. The van der Waals surface area contributed by atoms with Crippen molar-refractivity contribution in [2.24, 2.45) is 0 Å². The zero-order valence-corrected chi connectivity index (χ0v) is 17.6. The predicted octanol–water partition coefficient (Wildman–Crippen LogP) is 4.39. The number of benzene rings is 1. The molecule has 0 unspecified atom stereocenters. The largest absolute Gasteiger partial charge is 0.497 e. The van der Waals surface area contributed by atoms with Crippen molar-refractivity contribution in [2.75, 3.05) is 12.4 Å². The van der Waals surface area contributed by atoms with Gasteiger partial charge in [-0.15, -0.1) is 10.2 Å². The van der Waals surface area contributed by atoms with Gasteiger partial charge >= 0.3 is 0 Å². The Kier molecular flexibility index (Phi) is 6.33. The van der Waals surface area contributed by atoms with Crippen LogP contribution in [0.2, 0.25) is 0 Å². The second-order valence-corrected chi connectivity index (χ2v) is 8.11. The lowest BCUT2D eigenvalue weighted by molar-refractivity contribution is 0.330. The number of hydrogen-bond donors (Lipinski definition) is 1. The molecule has 29 heavy (non-hydrogen) atoms. The van der Waals surface area contributed by atoms with E-state index in [1.165, 1.54) is 32.1 Å². The lowest BCUT2D eigenvalue weighted by Gasteiger charge is -2.25. The minimum Gasteiger partial charge on any atom is -0.497 e. The number of aromatic nitrogens is 5. The molecule has 8 nitrogen and oxygen atoms in total. The summed E-state index contributed by atoms with van der Waals surface area (Å²) >= 11 is 1.61. The van der Waals surface area contributed by atoms with E-state index in [4.69, 9.17) is 9.26 Å². The molecule has 2 heterocycles. The Morgan fingerprint density at radius 2 is 2.10 bits per heavy atom. The second kappa shape index (κ2) is 9.30. The molecule has 1 fully saturated rings. The van der Waals surface area contributed by atoms with Crippen LogP contribution in [0.25, 0.3) is 0 Å². The molecular formula is C20H26N6O2S. The Bertz CT molecular complexity index is 935. The fourth-order valence-corrected chi connectivity index (χ4v) is 4.54. The fraction of sp³-hybridized carbons (Fsp3) is 0.500. The number of anilines is 1. The van der Waals surface area contributed by atoms with E-state index in [0.29, 0.717) is 30.1 Å². The molecule has 1 aromatic carbocycles. The summed E-state index contributed by atoms with van der Waals surface area (Å²) in [4.78, 5) is 4.29.